The first-order chi connectivity index (χ1) is 6.63. The third kappa shape index (κ3) is 2.73. The molecule has 4 heteroatoms. The van der Waals surface area contributed by atoms with Gasteiger partial charge in [0, 0.05) is 24.8 Å². The molecule has 1 heterocycles. The fourth-order valence-electron chi connectivity index (χ4n) is 1.05. The van der Waals surface area contributed by atoms with E-state index in [2.05, 4.69) is 15.6 Å². The molecule has 0 spiro atoms. The molecule has 0 fully saturated rings. The van der Waals surface area contributed by atoms with Gasteiger partial charge in [0.05, 0.1) is 0 Å². The summed E-state index contributed by atoms with van der Waals surface area (Å²) in [4.78, 5) is 15.6. The van der Waals surface area contributed by atoms with Gasteiger partial charge in [0.15, 0.2) is 0 Å². The lowest BCUT2D eigenvalue weighted by Crippen LogP contribution is -2.30. The highest BCUT2D eigenvalue weighted by atomic mass is 16.1. The zero-order chi connectivity index (χ0) is 10.6. The van der Waals surface area contributed by atoms with Gasteiger partial charge >= 0.3 is 0 Å². The SMILES string of the molecule is CNc1cc(C(=O)NC(C)C)ccn1. The molecule has 0 atom stereocenters. The summed E-state index contributed by atoms with van der Waals surface area (Å²) in [7, 11) is 1.77. The summed E-state index contributed by atoms with van der Waals surface area (Å²) in [5.41, 5.74) is 0.623. The monoisotopic (exact) mass is 193 g/mol. The van der Waals surface area contributed by atoms with Crippen LogP contribution in [0, 0.1) is 0 Å². The standard InChI is InChI=1S/C10H15N3O/c1-7(2)13-10(14)8-4-5-12-9(6-8)11-3/h4-7H,1-3H3,(H,11,12)(H,13,14). The van der Waals surface area contributed by atoms with Crippen molar-refractivity contribution in [3.63, 3.8) is 0 Å². The highest BCUT2D eigenvalue weighted by Gasteiger charge is 2.06. The van der Waals surface area contributed by atoms with Crippen molar-refractivity contribution in [1.29, 1.82) is 0 Å². The molecule has 0 saturated heterocycles. The van der Waals surface area contributed by atoms with E-state index in [0.29, 0.717) is 11.4 Å². The first kappa shape index (κ1) is 10.5. The molecule has 0 aliphatic rings. The second-order valence-corrected chi connectivity index (χ2v) is 3.31. The predicted octanol–water partition coefficient (Wildman–Crippen LogP) is 1.26. The number of rotatable bonds is 3. The van der Waals surface area contributed by atoms with Crippen LogP contribution in [0.1, 0.15) is 24.2 Å². The van der Waals surface area contributed by atoms with Crippen LogP contribution < -0.4 is 10.6 Å². The molecule has 1 rings (SSSR count). The Morgan fingerprint density at radius 3 is 2.79 bits per heavy atom. The zero-order valence-corrected chi connectivity index (χ0v) is 8.66. The van der Waals surface area contributed by atoms with E-state index >= 15 is 0 Å². The summed E-state index contributed by atoms with van der Waals surface area (Å²) in [5, 5.41) is 5.70. The Bertz CT molecular complexity index is 323. The number of aromatic nitrogens is 1. The lowest BCUT2D eigenvalue weighted by atomic mass is 10.2. The number of amides is 1. The van der Waals surface area contributed by atoms with Crippen LogP contribution >= 0.6 is 0 Å². The van der Waals surface area contributed by atoms with E-state index in [1.165, 1.54) is 0 Å². The lowest BCUT2D eigenvalue weighted by Gasteiger charge is -2.08. The number of hydrogen-bond acceptors (Lipinski definition) is 3. The second kappa shape index (κ2) is 4.60. The van der Waals surface area contributed by atoms with Gasteiger partial charge in [0.2, 0.25) is 0 Å². The maximum atomic E-state index is 11.6. The van der Waals surface area contributed by atoms with Crippen LogP contribution in [0.4, 0.5) is 5.82 Å². The molecule has 1 aromatic heterocycles. The summed E-state index contributed by atoms with van der Waals surface area (Å²) < 4.78 is 0. The van der Waals surface area contributed by atoms with Crippen molar-refractivity contribution in [2.24, 2.45) is 0 Å². The average Bonchev–Trinajstić information content (AvgIpc) is 2.17. The summed E-state index contributed by atoms with van der Waals surface area (Å²) in [6.45, 7) is 3.86. The lowest BCUT2D eigenvalue weighted by molar-refractivity contribution is 0.0943. The van der Waals surface area contributed by atoms with Gasteiger partial charge in [0.1, 0.15) is 5.82 Å². The van der Waals surface area contributed by atoms with Gasteiger partial charge in [-0.15, -0.1) is 0 Å². The summed E-state index contributed by atoms with van der Waals surface area (Å²) >= 11 is 0. The van der Waals surface area contributed by atoms with E-state index in [1.54, 1.807) is 25.4 Å². The van der Waals surface area contributed by atoms with E-state index in [0.717, 1.165) is 0 Å². The molecule has 1 amide bonds. The van der Waals surface area contributed by atoms with Crippen molar-refractivity contribution in [3.8, 4) is 0 Å². The number of nitrogens with one attached hydrogen (secondary N) is 2. The van der Waals surface area contributed by atoms with Crippen molar-refractivity contribution >= 4 is 11.7 Å². The number of carbonyl (C=O) groups excluding carboxylic acids is 1. The van der Waals surface area contributed by atoms with Crippen molar-refractivity contribution in [3.05, 3.63) is 23.9 Å². The third-order valence-electron chi connectivity index (χ3n) is 1.70. The van der Waals surface area contributed by atoms with Gasteiger partial charge in [-0.2, -0.15) is 0 Å². The molecule has 0 unspecified atom stereocenters. The Kier molecular flexibility index (Phi) is 3.45. The topological polar surface area (TPSA) is 54.0 Å². The Morgan fingerprint density at radius 2 is 2.21 bits per heavy atom. The number of hydrogen-bond donors (Lipinski definition) is 2. The minimum absolute atomic E-state index is 0.0705. The molecule has 76 valence electrons. The van der Waals surface area contributed by atoms with Gasteiger partial charge in [-0.25, -0.2) is 4.98 Å². The predicted molar refractivity (Wildman–Crippen MR) is 56.4 cm³/mol. The molecule has 0 aliphatic carbocycles. The smallest absolute Gasteiger partial charge is 0.251 e. The van der Waals surface area contributed by atoms with Gasteiger partial charge in [0.25, 0.3) is 5.91 Å². The third-order valence-corrected chi connectivity index (χ3v) is 1.70. The average molecular weight is 193 g/mol. The molecule has 0 aromatic carbocycles. The van der Waals surface area contributed by atoms with Crippen molar-refractivity contribution in [2.75, 3.05) is 12.4 Å². The van der Waals surface area contributed by atoms with Gasteiger partial charge in [-0.3, -0.25) is 4.79 Å². The largest absolute Gasteiger partial charge is 0.373 e. The number of nitrogens with zero attached hydrogens (tertiary/aromatic N) is 1. The quantitative estimate of drug-likeness (QED) is 0.760. The van der Waals surface area contributed by atoms with E-state index in [-0.39, 0.29) is 11.9 Å². The summed E-state index contributed by atoms with van der Waals surface area (Å²) in [5.74, 6) is 0.625. The summed E-state index contributed by atoms with van der Waals surface area (Å²) in [6, 6.07) is 3.56. The molecule has 0 radical (unpaired) electrons. The molecule has 2 N–H and O–H groups in total. The van der Waals surface area contributed by atoms with Gasteiger partial charge in [-0.05, 0) is 26.0 Å². The summed E-state index contributed by atoms with van der Waals surface area (Å²) in [6.07, 6.45) is 1.61. The molecular formula is C10H15N3O. The first-order valence-corrected chi connectivity index (χ1v) is 4.58. The van der Waals surface area contributed by atoms with Crippen LogP contribution in [0.2, 0.25) is 0 Å². The van der Waals surface area contributed by atoms with E-state index in [1.807, 2.05) is 13.8 Å². The molecule has 0 aliphatic heterocycles. The first-order valence-electron chi connectivity index (χ1n) is 4.58. The highest BCUT2D eigenvalue weighted by Crippen LogP contribution is 2.05. The molecule has 14 heavy (non-hydrogen) atoms. The molecule has 0 saturated carbocycles. The fourth-order valence-corrected chi connectivity index (χ4v) is 1.05. The highest BCUT2D eigenvalue weighted by molar-refractivity contribution is 5.94. The maximum absolute atomic E-state index is 11.6. The molecule has 4 nitrogen and oxygen atoms in total. The number of pyridine rings is 1. The van der Waals surface area contributed by atoms with Crippen LogP contribution in [-0.2, 0) is 0 Å². The minimum Gasteiger partial charge on any atom is -0.373 e. The number of carbonyl (C=O) groups is 1. The second-order valence-electron chi connectivity index (χ2n) is 3.31. The number of anilines is 1. The van der Waals surface area contributed by atoms with Crippen LogP contribution in [-0.4, -0.2) is 24.0 Å². The van der Waals surface area contributed by atoms with Crippen molar-refractivity contribution in [2.45, 2.75) is 19.9 Å². The Balaban J connectivity index is 2.79. The Labute approximate surface area is 83.7 Å². The maximum Gasteiger partial charge on any atom is 0.251 e. The van der Waals surface area contributed by atoms with Crippen LogP contribution in [0.3, 0.4) is 0 Å². The Hall–Kier alpha value is -1.58. The van der Waals surface area contributed by atoms with Crippen molar-refractivity contribution in [1.82, 2.24) is 10.3 Å². The molecule has 1 aromatic rings. The normalized spacial score (nSPS) is 10.0. The van der Waals surface area contributed by atoms with E-state index < -0.39 is 0 Å². The van der Waals surface area contributed by atoms with Gasteiger partial charge < -0.3 is 10.6 Å². The van der Waals surface area contributed by atoms with Gasteiger partial charge in [-0.1, -0.05) is 0 Å². The fraction of sp³-hybridized carbons (Fsp3) is 0.400. The van der Waals surface area contributed by atoms with Crippen LogP contribution in [0.15, 0.2) is 18.3 Å². The van der Waals surface area contributed by atoms with Crippen LogP contribution in [0.5, 0.6) is 0 Å². The molecule has 0 bridgehead atoms. The Morgan fingerprint density at radius 1 is 1.50 bits per heavy atom. The molecular weight excluding hydrogens is 178 g/mol. The minimum atomic E-state index is -0.0705. The zero-order valence-electron chi connectivity index (χ0n) is 8.66. The van der Waals surface area contributed by atoms with Crippen molar-refractivity contribution < 1.29 is 4.79 Å². The van der Waals surface area contributed by atoms with Crippen LogP contribution in [0.25, 0.3) is 0 Å². The van der Waals surface area contributed by atoms with E-state index in [9.17, 15) is 4.79 Å². The van der Waals surface area contributed by atoms with E-state index in [4.69, 9.17) is 0 Å².